The van der Waals surface area contributed by atoms with Crippen molar-refractivity contribution >= 4 is 22.5 Å². The number of carboxylic acids is 1. The number of carbonyl (C=O) groups is 1. The van der Waals surface area contributed by atoms with Crippen LogP contribution in [0.5, 0.6) is 5.75 Å². The van der Waals surface area contributed by atoms with Gasteiger partial charge < -0.3 is 9.84 Å². The van der Waals surface area contributed by atoms with Gasteiger partial charge in [0.2, 0.25) is 0 Å². The number of pyridine rings is 1. The highest BCUT2D eigenvalue weighted by Gasteiger charge is 2.17. The zero-order valence-corrected chi connectivity index (χ0v) is 9.36. The quantitative estimate of drug-likeness (QED) is 0.722. The molecule has 3 aromatic rings. The molecule has 7 nitrogen and oxygen atoms in total. The summed E-state index contributed by atoms with van der Waals surface area (Å²) in [6.07, 6.45) is 0. The summed E-state index contributed by atoms with van der Waals surface area (Å²) >= 11 is 0. The summed E-state index contributed by atoms with van der Waals surface area (Å²) in [6, 6.07) is 6.87. The third-order valence-electron chi connectivity index (χ3n) is 2.70. The van der Waals surface area contributed by atoms with Gasteiger partial charge in [0.15, 0.2) is 5.65 Å². The van der Waals surface area contributed by atoms with Gasteiger partial charge in [-0.25, -0.2) is 4.79 Å². The van der Waals surface area contributed by atoms with Crippen molar-refractivity contribution in [2.45, 2.75) is 0 Å². The van der Waals surface area contributed by atoms with Gasteiger partial charge in [-0.05, 0) is 22.6 Å². The van der Waals surface area contributed by atoms with E-state index >= 15 is 0 Å². The van der Waals surface area contributed by atoms with Gasteiger partial charge in [-0.15, -0.1) is 5.10 Å². The van der Waals surface area contributed by atoms with Gasteiger partial charge in [0.1, 0.15) is 16.8 Å². The number of nitrogens with zero attached hydrogens (tertiary/aromatic N) is 4. The summed E-state index contributed by atoms with van der Waals surface area (Å²) in [5.41, 5.74) is 0.894. The summed E-state index contributed by atoms with van der Waals surface area (Å²) in [5.74, 6) is -0.485. The van der Waals surface area contributed by atoms with Crippen LogP contribution in [0.3, 0.4) is 0 Å². The third-order valence-corrected chi connectivity index (χ3v) is 2.70. The number of fused-ring (bicyclic) bond motifs is 3. The molecule has 2 heterocycles. The molecule has 0 saturated carbocycles. The number of ether oxygens (including phenoxy) is 1. The van der Waals surface area contributed by atoms with E-state index in [9.17, 15) is 4.79 Å². The molecular weight excluding hydrogens is 236 g/mol. The van der Waals surface area contributed by atoms with E-state index in [1.165, 1.54) is 17.7 Å². The summed E-state index contributed by atoms with van der Waals surface area (Å²) in [7, 11) is 1.54. The predicted octanol–water partition coefficient (Wildman–Crippen LogP) is 0.984. The third kappa shape index (κ3) is 1.30. The standard InChI is InChI=1S/C11H8N4O3/c1-18-8-4-2-3-6-5-7(11(16)17)10-12-13-14-15(10)9(6)8/h2-5H,1H3,(H,16,17). The van der Waals surface area contributed by atoms with E-state index in [1.54, 1.807) is 18.2 Å². The summed E-state index contributed by atoms with van der Waals surface area (Å²) in [6.45, 7) is 0. The molecule has 1 N–H and O–H groups in total. The Kier molecular flexibility index (Phi) is 2.12. The van der Waals surface area contributed by atoms with Crippen LogP contribution in [-0.4, -0.2) is 38.2 Å². The Hall–Kier alpha value is -2.70. The number of benzene rings is 1. The molecule has 0 unspecified atom stereocenters. The van der Waals surface area contributed by atoms with Gasteiger partial charge in [-0.2, -0.15) is 4.52 Å². The van der Waals surface area contributed by atoms with Crippen LogP contribution in [0.2, 0.25) is 0 Å². The van der Waals surface area contributed by atoms with Crippen molar-refractivity contribution in [3.8, 4) is 5.75 Å². The maximum Gasteiger partial charge on any atom is 0.339 e. The molecule has 2 aromatic heterocycles. The van der Waals surface area contributed by atoms with Gasteiger partial charge in [0, 0.05) is 5.39 Å². The van der Waals surface area contributed by atoms with Gasteiger partial charge in [-0.3, -0.25) is 0 Å². The van der Waals surface area contributed by atoms with Crippen LogP contribution in [-0.2, 0) is 0 Å². The molecule has 0 amide bonds. The van der Waals surface area contributed by atoms with Crippen molar-refractivity contribution in [2.24, 2.45) is 0 Å². The Morgan fingerprint density at radius 2 is 2.28 bits per heavy atom. The predicted molar refractivity (Wildman–Crippen MR) is 61.8 cm³/mol. The first-order valence-electron chi connectivity index (χ1n) is 5.13. The van der Waals surface area contributed by atoms with Crippen LogP contribution >= 0.6 is 0 Å². The second-order valence-corrected chi connectivity index (χ2v) is 3.68. The van der Waals surface area contributed by atoms with E-state index < -0.39 is 5.97 Å². The molecule has 0 atom stereocenters. The molecule has 0 radical (unpaired) electrons. The van der Waals surface area contributed by atoms with Crippen LogP contribution in [0.4, 0.5) is 0 Å². The molecule has 18 heavy (non-hydrogen) atoms. The number of tetrazole rings is 1. The smallest absolute Gasteiger partial charge is 0.339 e. The number of rotatable bonds is 2. The molecule has 0 spiro atoms. The molecule has 7 heteroatoms. The van der Waals surface area contributed by atoms with Gasteiger partial charge in [0.25, 0.3) is 0 Å². The maximum atomic E-state index is 11.2. The fourth-order valence-electron chi connectivity index (χ4n) is 1.93. The van der Waals surface area contributed by atoms with Crippen LogP contribution in [0.1, 0.15) is 10.4 Å². The maximum absolute atomic E-state index is 11.2. The molecule has 0 aliphatic heterocycles. The monoisotopic (exact) mass is 244 g/mol. The molecular formula is C11H8N4O3. The Bertz CT molecular complexity index is 765. The zero-order chi connectivity index (χ0) is 12.7. The van der Waals surface area contributed by atoms with Crippen molar-refractivity contribution in [2.75, 3.05) is 7.11 Å². The van der Waals surface area contributed by atoms with E-state index in [0.29, 0.717) is 16.7 Å². The van der Waals surface area contributed by atoms with E-state index in [0.717, 1.165) is 0 Å². The number of aromatic nitrogens is 4. The lowest BCUT2D eigenvalue weighted by Crippen LogP contribution is -2.03. The van der Waals surface area contributed by atoms with Gasteiger partial charge in [0.05, 0.1) is 7.11 Å². The molecule has 1 aromatic carbocycles. The molecule has 0 fully saturated rings. The SMILES string of the molecule is COc1cccc2cc(C(=O)O)c3nnnn3c12. The summed E-state index contributed by atoms with van der Waals surface area (Å²) in [5, 5.41) is 20.9. The van der Waals surface area contributed by atoms with Crippen molar-refractivity contribution < 1.29 is 14.6 Å². The Balaban J connectivity index is 2.56. The first kappa shape index (κ1) is 10.5. The molecule has 0 aliphatic carbocycles. The Morgan fingerprint density at radius 1 is 1.44 bits per heavy atom. The summed E-state index contributed by atoms with van der Waals surface area (Å²) in [4.78, 5) is 11.2. The van der Waals surface area contributed by atoms with E-state index in [4.69, 9.17) is 9.84 Å². The first-order chi connectivity index (χ1) is 8.72. The molecule has 0 bridgehead atoms. The normalized spacial score (nSPS) is 10.9. The zero-order valence-electron chi connectivity index (χ0n) is 9.36. The molecule has 0 aliphatic rings. The number of aromatic carboxylic acids is 1. The van der Waals surface area contributed by atoms with Crippen LogP contribution in [0.15, 0.2) is 24.3 Å². The number of methoxy groups -OCH3 is 1. The molecule has 90 valence electrons. The number of hydrogen-bond donors (Lipinski definition) is 1. The first-order valence-corrected chi connectivity index (χ1v) is 5.13. The second-order valence-electron chi connectivity index (χ2n) is 3.68. The van der Waals surface area contributed by atoms with Crippen molar-refractivity contribution in [1.82, 2.24) is 20.0 Å². The minimum absolute atomic E-state index is 0.0563. The average Bonchev–Trinajstić information content (AvgIpc) is 2.85. The highest BCUT2D eigenvalue weighted by atomic mass is 16.5. The van der Waals surface area contributed by atoms with Crippen LogP contribution in [0.25, 0.3) is 16.6 Å². The lowest BCUT2D eigenvalue weighted by Gasteiger charge is -2.07. The van der Waals surface area contributed by atoms with E-state index in [2.05, 4.69) is 15.5 Å². The van der Waals surface area contributed by atoms with E-state index in [-0.39, 0.29) is 11.2 Å². The van der Waals surface area contributed by atoms with Gasteiger partial charge >= 0.3 is 5.97 Å². The Morgan fingerprint density at radius 3 is 3.00 bits per heavy atom. The minimum atomic E-state index is -1.07. The Labute approximate surface area is 101 Å². The fourth-order valence-corrected chi connectivity index (χ4v) is 1.93. The lowest BCUT2D eigenvalue weighted by atomic mass is 10.1. The average molecular weight is 244 g/mol. The van der Waals surface area contributed by atoms with Gasteiger partial charge in [-0.1, -0.05) is 12.1 Å². The van der Waals surface area contributed by atoms with E-state index in [1.807, 2.05) is 0 Å². The number of carboxylic acid groups (broad SMARTS) is 1. The fraction of sp³-hybridized carbons (Fsp3) is 0.0909. The second kappa shape index (κ2) is 3.66. The largest absolute Gasteiger partial charge is 0.494 e. The van der Waals surface area contributed by atoms with Crippen molar-refractivity contribution in [1.29, 1.82) is 0 Å². The van der Waals surface area contributed by atoms with Crippen molar-refractivity contribution in [3.63, 3.8) is 0 Å². The lowest BCUT2D eigenvalue weighted by molar-refractivity contribution is 0.0698. The highest BCUT2D eigenvalue weighted by Crippen LogP contribution is 2.27. The summed E-state index contributed by atoms with van der Waals surface area (Å²) < 4.78 is 6.61. The van der Waals surface area contributed by atoms with Crippen LogP contribution < -0.4 is 4.74 Å². The highest BCUT2D eigenvalue weighted by molar-refractivity contribution is 6.00. The van der Waals surface area contributed by atoms with Crippen molar-refractivity contribution in [3.05, 3.63) is 29.8 Å². The van der Waals surface area contributed by atoms with Crippen LogP contribution in [0, 0.1) is 0 Å². The number of para-hydroxylation sites is 1. The molecule has 3 rings (SSSR count). The number of hydrogen-bond acceptors (Lipinski definition) is 5. The topological polar surface area (TPSA) is 89.6 Å². The minimum Gasteiger partial charge on any atom is -0.494 e. The molecule has 0 saturated heterocycles.